The summed E-state index contributed by atoms with van der Waals surface area (Å²) in [6.45, 7) is 0. The molecule has 2 amide bonds. The first-order valence-corrected chi connectivity index (χ1v) is 9.59. The van der Waals surface area contributed by atoms with E-state index in [2.05, 4.69) is 25.4 Å². The standard InChI is InChI=1S/C14H15N7O5S2/c1-26-20-7(6-4-28-14(15)18-6)10(22)19-8-11(23)21-9(13(24)25)5(2-17-16)3-27-12(8)21/h2,4,8,12H,3,16H2,1H3,(H2,15,18)(H,19,22)(H,24,25)/b17-2?,20-7-/t8?,12-/m1/s1. The maximum absolute atomic E-state index is 12.6. The highest BCUT2D eigenvalue weighted by Crippen LogP contribution is 2.39. The molecule has 1 aromatic rings. The molecule has 1 unspecified atom stereocenters. The van der Waals surface area contributed by atoms with Gasteiger partial charge in [0.25, 0.3) is 11.8 Å². The highest BCUT2D eigenvalue weighted by atomic mass is 32.2. The largest absolute Gasteiger partial charge is 0.477 e. The van der Waals surface area contributed by atoms with E-state index in [1.54, 1.807) is 0 Å². The second-order valence-electron chi connectivity index (χ2n) is 5.51. The van der Waals surface area contributed by atoms with Crippen LogP contribution in [0.25, 0.3) is 0 Å². The number of carboxylic acid groups (broad SMARTS) is 1. The van der Waals surface area contributed by atoms with Crippen molar-refractivity contribution in [1.29, 1.82) is 0 Å². The number of carbonyl (C=O) groups is 3. The number of oxime groups is 1. The first-order chi connectivity index (χ1) is 13.4. The molecule has 0 aromatic carbocycles. The van der Waals surface area contributed by atoms with Crippen LogP contribution >= 0.6 is 23.1 Å². The molecular weight excluding hydrogens is 410 g/mol. The number of carboxylic acids is 1. The third-order valence-electron chi connectivity index (χ3n) is 3.88. The summed E-state index contributed by atoms with van der Waals surface area (Å²) < 4.78 is 0. The van der Waals surface area contributed by atoms with E-state index < -0.39 is 29.2 Å². The van der Waals surface area contributed by atoms with Crippen LogP contribution in [0.1, 0.15) is 5.69 Å². The number of nitrogens with zero attached hydrogens (tertiary/aromatic N) is 4. The molecule has 14 heteroatoms. The predicted molar refractivity (Wildman–Crippen MR) is 102 cm³/mol. The lowest BCUT2D eigenvalue weighted by atomic mass is 10.0. The van der Waals surface area contributed by atoms with Gasteiger partial charge in [-0.1, -0.05) is 5.16 Å². The van der Waals surface area contributed by atoms with Crippen LogP contribution in [0.2, 0.25) is 0 Å². The summed E-state index contributed by atoms with van der Waals surface area (Å²) in [7, 11) is 1.26. The Labute approximate surface area is 166 Å². The predicted octanol–water partition coefficient (Wildman–Crippen LogP) is -1.24. The number of thioether (sulfide) groups is 1. The highest BCUT2D eigenvalue weighted by Gasteiger charge is 2.54. The number of fused-ring (bicyclic) bond motifs is 1. The number of hydrogen-bond acceptors (Lipinski definition) is 11. The van der Waals surface area contributed by atoms with Crippen LogP contribution in [0.15, 0.2) is 26.9 Å². The quantitative estimate of drug-likeness (QED) is 0.187. The molecule has 12 nitrogen and oxygen atoms in total. The Balaban J connectivity index is 1.80. The molecule has 1 aromatic heterocycles. The number of amides is 2. The van der Waals surface area contributed by atoms with Crippen molar-refractivity contribution in [3.8, 4) is 0 Å². The lowest BCUT2D eigenvalue weighted by Gasteiger charge is -2.49. The molecule has 0 spiro atoms. The van der Waals surface area contributed by atoms with Crippen LogP contribution in [0.3, 0.4) is 0 Å². The number of nitrogens with one attached hydrogen (secondary N) is 1. The monoisotopic (exact) mass is 425 g/mol. The Morgan fingerprint density at radius 2 is 2.29 bits per heavy atom. The number of hydrazone groups is 1. The second kappa shape index (κ2) is 7.85. The molecular formula is C14H15N7O5S2. The van der Waals surface area contributed by atoms with Gasteiger partial charge < -0.3 is 26.8 Å². The number of carbonyl (C=O) groups excluding carboxylic acids is 2. The molecule has 1 fully saturated rings. The summed E-state index contributed by atoms with van der Waals surface area (Å²) >= 11 is 2.40. The fourth-order valence-electron chi connectivity index (χ4n) is 2.73. The number of thiazole rings is 1. The van der Waals surface area contributed by atoms with E-state index in [-0.39, 0.29) is 28.0 Å². The normalized spacial score (nSPS) is 22.1. The Kier molecular flexibility index (Phi) is 5.51. The van der Waals surface area contributed by atoms with Gasteiger partial charge in [-0.2, -0.15) is 5.10 Å². The summed E-state index contributed by atoms with van der Waals surface area (Å²) in [6.07, 6.45) is 1.20. The van der Waals surface area contributed by atoms with Crippen molar-refractivity contribution in [2.75, 3.05) is 18.6 Å². The van der Waals surface area contributed by atoms with Crippen LogP contribution in [0, 0.1) is 0 Å². The van der Waals surface area contributed by atoms with Crippen LogP contribution in [0.5, 0.6) is 0 Å². The molecule has 2 aliphatic rings. The zero-order valence-corrected chi connectivity index (χ0v) is 16.0. The summed E-state index contributed by atoms with van der Waals surface area (Å²) in [5.74, 6) is 2.83. The van der Waals surface area contributed by atoms with Crippen LogP contribution < -0.4 is 16.9 Å². The minimum Gasteiger partial charge on any atom is -0.477 e. The molecule has 1 saturated heterocycles. The van der Waals surface area contributed by atoms with Gasteiger partial charge in [0.1, 0.15) is 29.9 Å². The average Bonchev–Trinajstić information content (AvgIpc) is 3.09. The summed E-state index contributed by atoms with van der Waals surface area (Å²) in [4.78, 5) is 46.5. The Morgan fingerprint density at radius 3 is 2.86 bits per heavy atom. The molecule has 2 atom stereocenters. The summed E-state index contributed by atoms with van der Waals surface area (Å²) in [5.41, 5.74) is 5.75. The van der Waals surface area contributed by atoms with E-state index in [9.17, 15) is 19.5 Å². The number of aromatic nitrogens is 1. The molecule has 28 heavy (non-hydrogen) atoms. The third kappa shape index (κ3) is 3.38. The fourth-order valence-corrected chi connectivity index (χ4v) is 4.58. The van der Waals surface area contributed by atoms with Gasteiger partial charge in [0.15, 0.2) is 10.8 Å². The van der Waals surface area contributed by atoms with Crippen molar-refractivity contribution in [3.05, 3.63) is 22.3 Å². The number of rotatable bonds is 6. The molecule has 0 bridgehead atoms. The number of hydrogen-bond donors (Lipinski definition) is 4. The minimum atomic E-state index is -1.28. The SMILES string of the molecule is CO/N=C(\C(=O)NC1C(=O)N2C(C(=O)O)=C(C=NN)CS[C@H]12)c1csc(N)n1. The van der Waals surface area contributed by atoms with E-state index in [1.807, 2.05) is 0 Å². The van der Waals surface area contributed by atoms with Crippen LogP contribution in [-0.4, -0.2) is 69.0 Å². The fraction of sp³-hybridized carbons (Fsp3) is 0.286. The van der Waals surface area contributed by atoms with Crippen LogP contribution in [-0.2, 0) is 19.2 Å². The lowest BCUT2D eigenvalue weighted by molar-refractivity contribution is -0.150. The van der Waals surface area contributed by atoms with Gasteiger partial charge in [-0.05, 0) is 0 Å². The molecule has 0 radical (unpaired) electrons. The maximum atomic E-state index is 12.6. The van der Waals surface area contributed by atoms with E-state index >= 15 is 0 Å². The number of nitrogens with two attached hydrogens (primary N) is 2. The number of β-lactam (4-membered cyclic amide) rings is 1. The Bertz CT molecular complexity index is 925. The van der Waals surface area contributed by atoms with Crippen molar-refractivity contribution in [2.24, 2.45) is 16.1 Å². The highest BCUT2D eigenvalue weighted by molar-refractivity contribution is 8.00. The van der Waals surface area contributed by atoms with Gasteiger partial charge in [-0.15, -0.1) is 23.1 Å². The molecule has 148 valence electrons. The van der Waals surface area contributed by atoms with Gasteiger partial charge >= 0.3 is 5.97 Å². The molecule has 3 rings (SSSR count). The molecule has 6 N–H and O–H groups in total. The van der Waals surface area contributed by atoms with Crippen LogP contribution in [0.4, 0.5) is 5.13 Å². The zero-order valence-electron chi connectivity index (χ0n) is 14.4. The first-order valence-electron chi connectivity index (χ1n) is 7.66. The summed E-state index contributed by atoms with van der Waals surface area (Å²) in [5, 5.41) is 20.2. The molecule has 2 aliphatic heterocycles. The van der Waals surface area contributed by atoms with Crippen molar-refractivity contribution in [2.45, 2.75) is 11.4 Å². The zero-order chi connectivity index (χ0) is 20.4. The first kappa shape index (κ1) is 19.6. The van der Waals surface area contributed by atoms with Gasteiger partial charge in [-0.25, -0.2) is 9.78 Å². The van der Waals surface area contributed by atoms with Crippen molar-refractivity contribution in [3.63, 3.8) is 0 Å². The second-order valence-corrected chi connectivity index (χ2v) is 7.51. The maximum Gasteiger partial charge on any atom is 0.353 e. The van der Waals surface area contributed by atoms with E-state index in [0.29, 0.717) is 5.57 Å². The smallest absolute Gasteiger partial charge is 0.353 e. The lowest BCUT2D eigenvalue weighted by Crippen LogP contribution is -2.71. The van der Waals surface area contributed by atoms with Crippen molar-refractivity contribution < 1.29 is 24.3 Å². The third-order valence-corrected chi connectivity index (χ3v) is 5.86. The van der Waals surface area contributed by atoms with Gasteiger partial charge in [0, 0.05) is 16.7 Å². The van der Waals surface area contributed by atoms with E-state index in [0.717, 1.165) is 16.2 Å². The van der Waals surface area contributed by atoms with E-state index in [1.165, 1.54) is 30.5 Å². The van der Waals surface area contributed by atoms with Gasteiger partial charge in [-0.3, -0.25) is 14.5 Å². The molecule has 0 aliphatic carbocycles. The number of nitrogen functional groups attached to an aromatic ring is 1. The van der Waals surface area contributed by atoms with Gasteiger partial charge in [0.2, 0.25) is 0 Å². The van der Waals surface area contributed by atoms with Gasteiger partial charge in [0.05, 0.1) is 6.21 Å². The molecule has 0 saturated carbocycles. The minimum absolute atomic E-state index is 0.146. The topological polar surface area (TPSA) is 186 Å². The number of aliphatic carboxylic acids is 1. The number of anilines is 1. The average molecular weight is 425 g/mol. The summed E-state index contributed by atoms with van der Waals surface area (Å²) in [6, 6.07) is -0.929. The Morgan fingerprint density at radius 1 is 1.54 bits per heavy atom. The van der Waals surface area contributed by atoms with Crippen molar-refractivity contribution >= 4 is 57.9 Å². The Hall–Kier alpha value is -3.13. The van der Waals surface area contributed by atoms with Crippen molar-refractivity contribution in [1.82, 2.24) is 15.2 Å². The van der Waals surface area contributed by atoms with E-state index in [4.69, 9.17) is 11.6 Å². The molecule has 3 heterocycles.